The highest BCUT2D eigenvalue weighted by atomic mass is 19.1. The summed E-state index contributed by atoms with van der Waals surface area (Å²) in [5, 5.41) is 2.92. The minimum Gasteiger partial charge on any atom is -0.373 e. The molecule has 0 bridgehead atoms. The fraction of sp³-hybridized carbons (Fsp3) is 0.0909. The van der Waals surface area contributed by atoms with E-state index in [2.05, 4.69) is 15.3 Å². The maximum atomic E-state index is 12.9. The molecule has 0 spiro atoms. The van der Waals surface area contributed by atoms with Crippen molar-refractivity contribution in [3.8, 4) is 11.3 Å². The van der Waals surface area contributed by atoms with Crippen LogP contribution in [0.15, 0.2) is 36.5 Å². The summed E-state index contributed by atoms with van der Waals surface area (Å²) in [6.07, 6.45) is 1.66. The third kappa shape index (κ3) is 2.10. The highest BCUT2D eigenvalue weighted by Gasteiger charge is 2.01. The summed E-state index contributed by atoms with van der Waals surface area (Å²) < 4.78 is 12.9. The van der Waals surface area contributed by atoms with E-state index < -0.39 is 5.95 Å². The number of nitrogens with zero attached hydrogens (tertiary/aromatic N) is 2. The summed E-state index contributed by atoms with van der Waals surface area (Å²) in [4.78, 5) is 7.87. The molecule has 0 aliphatic carbocycles. The van der Waals surface area contributed by atoms with E-state index >= 15 is 0 Å². The van der Waals surface area contributed by atoms with E-state index in [1.54, 1.807) is 31.4 Å². The largest absolute Gasteiger partial charge is 0.373 e. The summed E-state index contributed by atoms with van der Waals surface area (Å²) in [6.45, 7) is 0. The molecule has 0 amide bonds. The number of aromatic nitrogens is 2. The molecular weight excluding hydrogens is 193 g/mol. The van der Waals surface area contributed by atoms with E-state index in [-0.39, 0.29) is 0 Å². The van der Waals surface area contributed by atoms with Crippen LogP contribution in [0.4, 0.5) is 10.2 Å². The van der Waals surface area contributed by atoms with Crippen molar-refractivity contribution in [2.75, 3.05) is 12.4 Å². The summed E-state index contributed by atoms with van der Waals surface area (Å²) >= 11 is 0. The first-order valence-corrected chi connectivity index (χ1v) is 4.56. The Morgan fingerprint density at radius 3 is 2.87 bits per heavy atom. The number of rotatable bonds is 2. The second-order valence-corrected chi connectivity index (χ2v) is 3.03. The third-order valence-electron chi connectivity index (χ3n) is 2.03. The van der Waals surface area contributed by atoms with Gasteiger partial charge in [0.25, 0.3) is 0 Å². The van der Waals surface area contributed by atoms with Crippen molar-refractivity contribution in [2.45, 2.75) is 0 Å². The standard InChI is InChI=1S/C11H10FN3/c1-13-11-7-8(5-6-14-11)9-3-2-4-10(12)15-9/h2-7H,1H3,(H,13,14). The van der Waals surface area contributed by atoms with Gasteiger partial charge in [0.05, 0.1) is 5.69 Å². The normalized spacial score (nSPS) is 10.0. The van der Waals surface area contributed by atoms with Crippen LogP contribution in [0.25, 0.3) is 11.3 Å². The van der Waals surface area contributed by atoms with Crippen LogP contribution in [0.1, 0.15) is 0 Å². The molecule has 0 atom stereocenters. The Kier molecular flexibility index (Phi) is 2.58. The van der Waals surface area contributed by atoms with Crippen molar-refractivity contribution >= 4 is 5.82 Å². The molecular formula is C11H10FN3. The van der Waals surface area contributed by atoms with Gasteiger partial charge in [-0.3, -0.25) is 0 Å². The molecule has 0 aliphatic heterocycles. The van der Waals surface area contributed by atoms with Crippen molar-refractivity contribution in [1.29, 1.82) is 0 Å². The summed E-state index contributed by atoms with van der Waals surface area (Å²) in [6, 6.07) is 8.34. The van der Waals surface area contributed by atoms with E-state index in [1.807, 2.05) is 6.07 Å². The fourth-order valence-electron chi connectivity index (χ4n) is 1.30. The zero-order chi connectivity index (χ0) is 10.7. The summed E-state index contributed by atoms with van der Waals surface area (Å²) in [7, 11) is 1.78. The van der Waals surface area contributed by atoms with Crippen LogP contribution in [-0.4, -0.2) is 17.0 Å². The maximum Gasteiger partial charge on any atom is 0.213 e. The maximum absolute atomic E-state index is 12.9. The van der Waals surface area contributed by atoms with E-state index in [4.69, 9.17) is 0 Å². The highest BCUT2D eigenvalue weighted by molar-refractivity contribution is 5.62. The number of nitrogens with one attached hydrogen (secondary N) is 1. The van der Waals surface area contributed by atoms with Gasteiger partial charge >= 0.3 is 0 Å². The lowest BCUT2D eigenvalue weighted by Crippen LogP contribution is -1.93. The van der Waals surface area contributed by atoms with Crippen molar-refractivity contribution in [2.24, 2.45) is 0 Å². The molecule has 2 heterocycles. The number of hydrogen-bond donors (Lipinski definition) is 1. The van der Waals surface area contributed by atoms with Gasteiger partial charge in [-0.2, -0.15) is 4.39 Å². The van der Waals surface area contributed by atoms with Crippen LogP contribution < -0.4 is 5.32 Å². The molecule has 2 aromatic heterocycles. The molecule has 0 aliphatic rings. The summed E-state index contributed by atoms with van der Waals surface area (Å²) in [5.74, 6) is 0.258. The molecule has 3 nitrogen and oxygen atoms in total. The fourth-order valence-corrected chi connectivity index (χ4v) is 1.30. The van der Waals surface area contributed by atoms with Crippen LogP contribution in [-0.2, 0) is 0 Å². The Labute approximate surface area is 87.0 Å². The zero-order valence-corrected chi connectivity index (χ0v) is 8.24. The summed E-state index contributed by atoms with van der Waals surface area (Å²) in [5.41, 5.74) is 1.45. The minimum absolute atomic E-state index is 0.477. The number of pyridine rings is 2. The van der Waals surface area contributed by atoms with E-state index in [9.17, 15) is 4.39 Å². The highest BCUT2D eigenvalue weighted by Crippen LogP contribution is 2.18. The molecule has 2 rings (SSSR count). The van der Waals surface area contributed by atoms with Gasteiger partial charge in [0.1, 0.15) is 5.82 Å². The van der Waals surface area contributed by atoms with Gasteiger partial charge in [0, 0.05) is 18.8 Å². The predicted molar refractivity (Wildman–Crippen MR) is 57.0 cm³/mol. The molecule has 76 valence electrons. The number of halogens is 1. The quantitative estimate of drug-likeness (QED) is 0.761. The first kappa shape index (κ1) is 9.58. The molecule has 15 heavy (non-hydrogen) atoms. The van der Waals surface area contributed by atoms with Gasteiger partial charge in [0.2, 0.25) is 5.95 Å². The monoisotopic (exact) mass is 203 g/mol. The first-order valence-electron chi connectivity index (χ1n) is 4.56. The lowest BCUT2D eigenvalue weighted by Gasteiger charge is -2.03. The minimum atomic E-state index is -0.477. The van der Waals surface area contributed by atoms with E-state index in [0.717, 1.165) is 11.4 Å². The van der Waals surface area contributed by atoms with Crippen molar-refractivity contribution < 1.29 is 4.39 Å². The predicted octanol–water partition coefficient (Wildman–Crippen LogP) is 2.32. The number of anilines is 1. The van der Waals surface area contributed by atoms with Crippen LogP contribution >= 0.6 is 0 Å². The van der Waals surface area contributed by atoms with Gasteiger partial charge in [-0.1, -0.05) is 6.07 Å². The van der Waals surface area contributed by atoms with Gasteiger partial charge in [-0.25, -0.2) is 9.97 Å². The van der Waals surface area contributed by atoms with Crippen LogP contribution in [0.5, 0.6) is 0 Å². The molecule has 1 N–H and O–H groups in total. The Bertz CT molecular complexity index is 471. The zero-order valence-electron chi connectivity index (χ0n) is 8.24. The van der Waals surface area contributed by atoms with Crippen molar-refractivity contribution in [3.63, 3.8) is 0 Å². The lowest BCUT2D eigenvalue weighted by atomic mass is 10.2. The van der Waals surface area contributed by atoms with Crippen molar-refractivity contribution in [1.82, 2.24) is 9.97 Å². The molecule has 0 saturated heterocycles. The molecule has 0 saturated carbocycles. The molecule has 0 unspecified atom stereocenters. The molecule has 2 aromatic rings. The molecule has 0 aromatic carbocycles. The van der Waals surface area contributed by atoms with Gasteiger partial charge in [-0.05, 0) is 24.3 Å². The Morgan fingerprint density at radius 1 is 1.27 bits per heavy atom. The SMILES string of the molecule is CNc1cc(-c2cccc(F)n2)ccn1. The van der Waals surface area contributed by atoms with Crippen LogP contribution in [0.3, 0.4) is 0 Å². The average Bonchev–Trinajstić information content (AvgIpc) is 2.29. The van der Waals surface area contributed by atoms with Gasteiger partial charge in [0.15, 0.2) is 0 Å². The number of hydrogen-bond acceptors (Lipinski definition) is 3. The Balaban J connectivity index is 2.44. The average molecular weight is 203 g/mol. The lowest BCUT2D eigenvalue weighted by molar-refractivity contribution is 0.585. The Hall–Kier alpha value is -1.97. The van der Waals surface area contributed by atoms with Crippen LogP contribution in [0, 0.1) is 5.95 Å². The second kappa shape index (κ2) is 4.04. The molecule has 0 fully saturated rings. The molecule has 4 heteroatoms. The van der Waals surface area contributed by atoms with Crippen LogP contribution in [0.2, 0.25) is 0 Å². The van der Waals surface area contributed by atoms with Crippen molar-refractivity contribution in [3.05, 3.63) is 42.5 Å². The van der Waals surface area contributed by atoms with Gasteiger partial charge in [-0.15, -0.1) is 0 Å². The Morgan fingerprint density at radius 2 is 2.13 bits per heavy atom. The third-order valence-corrected chi connectivity index (χ3v) is 2.03. The first-order chi connectivity index (χ1) is 7.29. The smallest absolute Gasteiger partial charge is 0.213 e. The topological polar surface area (TPSA) is 37.8 Å². The molecule has 0 radical (unpaired) electrons. The van der Waals surface area contributed by atoms with E-state index in [1.165, 1.54) is 6.07 Å². The second-order valence-electron chi connectivity index (χ2n) is 3.03. The van der Waals surface area contributed by atoms with E-state index in [0.29, 0.717) is 5.69 Å². The van der Waals surface area contributed by atoms with Gasteiger partial charge < -0.3 is 5.32 Å².